The van der Waals surface area contributed by atoms with Gasteiger partial charge in [-0.3, -0.25) is 4.78 Å². The van der Waals surface area contributed by atoms with Gasteiger partial charge in [-0.25, -0.2) is 4.21 Å². The first-order chi connectivity index (χ1) is 4.62. The lowest BCUT2D eigenvalue weighted by molar-refractivity contribution is 0.385. The summed E-state index contributed by atoms with van der Waals surface area (Å²) in [6, 6.07) is 0. The molecule has 0 bridgehead atoms. The van der Waals surface area contributed by atoms with Gasteiger partial charge in [0.15, 0.2) is 0 Å². The van der Waals surface area contributed by atoms with Gasteiger partial charge in [-0.05, 0) is 13.0 Å². The van der Waals surface area contributed by atoms with Crippen molar-refractivity contribution in [3.63, 3.8) is 0 Å². The molecule has 2 heterocycles. The Bertz CT molecular complexity index is 224. The van der Waals surface area contributed by atoms with Gasteiger partial charge in [-0.1, -0.05) is 0 Å². The Morgan fingerprint density at radius 1 is 1.50 bits per heavy atom. The molecule has 1 spiro atoms. The average molecular weight is 160 g/mol. The van der Waals surface area contributed by atoms with Gasteiger partial charge in [-0.15, -0.1) is 0 Å². The van der Waals surface area contributed by atoms with Gasteiger partial charge >= 0.3 is 0 Å². The van der Waals surface area contributed by atoms with Gasteiger partial charge in [0.1, 0.15) is 0 Å². The van der Waals surface area contributed by atoms with Crippen LogP contribution in [-0.2, 0) is 9.73 Å². The summed E-state index contributed by atoms with van der Waals surface area (Å²) in [7, 11) is -2.11. The van der Waals surface area contributed by atoms with Crippen molar-refractivity contribution in [1.82, 2.24) is 5.32 Å². The Hall–Kier alpha value is -0.0900. The van der Waals surface area contributed by atoms with Crippen LogP contribution < -0.4 is 5.32 Å². The summed E-state index contributed by atoms with van der Waals surface area (Å²) in [5.41, 5.74) is 0.277. The molecule has 2 N–H and O–H groups in total. The maximum atomic E-state index is 11.0. The smallest absolute Gasteiger partial charge is 0.0454 e. The maximum absolute atomic E-state index is 11.0. The van der Waals surface area contributed by atoms with Crippen molar-refractivity contribution >= 4 is 9.73 Å². The SMILES string of the molecule is N=S1(=O)CC2(CCNC2)C1. The fourth-order valence-electron chi connectivity index (χ4n) is 1.99. The minimum atomic E-state index is -2.11. The second kappa shape index (κ2) is 1.74. The van der Waals surface area contributed by atoms with E-state index in [4.69, 9.17) is 4.78 Å². The molecular formula is C6H12N2OS. The summed E-state index contributed by atoms with van der Waals surface area (Å²) < 4.78 is 18.3. The topological polar surface area (TPSA) is 53.0 Å². The average Bonchev–Trinajstić information content (AvgIpc) is 2.10. The molecule has 2 aliphatic rings. The van der Waals surface area contributed by atoms with E-state index in [0.717, 1.165) is 19.5 Å². The van der Waals surface area contributed by atoms with Crippen LogP contribution >= 0.6 is 0 Å². The molecule has 0 saturated carbocycles. The third-order valence-corrected chi connectivity index (χ3v) is 4.57. The summed E-state index contributed by atoms with van der Waals surface area (Å²) >= 11 is 0. The Balaban J connectivity index is 2.12. The van der Waals surface area contributed by atoms with E-state index in [1.165, 1.54) is 0 Å². The number of nitrogens with one attached hydrogen (secondary N) is 2. The zero-order valence-electron chi connectivity index (χ0n) is 5.85. The first kappa shape index (κ1) is 6.61. The first-order valence-electron chi connectivity index (χ1n) is 3.57. The third kappa shape index (κ3) is 0.864. The fraction of sp³-hybridized carbons (Fsp3) is 1.00. The maximum Gasteiger partial charge on any atom is 0.0454 e. The Kier molecular flexibility index (Phi) is 1.15. The molecule has 0 aromatic carbocycles. The van der Waals surface area contributed by atoms with Crippen LogP contribution in [0.4, 0.5) is 0 Å². The molecule has 2 fully saturated rings. The largest absolute Gasteiger partial charge is 0.316 e. The summed E-state index contributed by atoms with van der Waals surface area (Å²) in [6.45, 7) is 2.04. The van der Waals surface area contributed by atoms with Crippen molar-refractivity contribution in [2.45, 2.75) is 6.42 Å². The molecule has 58 valence electrons. The van der Waals surface area contributed by atoms with E-state index < -0.39 is 9.73 Å². The predicted octanol–water partition coefficient (Wildman–Crippen LogP) is 0.0265. The summed E-state index contributed by atoms with van der Waals surface area (Å²) in [5, 5.41) is 3.24. The van der Waals surface area contributed by atoms with Crippen molar-refractivity contribution in [1.29, 1.82) is 4.78 Å². The Labute approximate surface area is 61.2 Å². The molecule has 0 amide bonds. The highest BCUT2D eigenvalue weighted by Crippen LogP contribution is 2.38. The van der Waals surface area contributed by atoms with Gasteiger partial charge in [-0.2, -0.15) is 0 Å². The summed E-state index contributed by atoms with van der Waals surface area (Å²) in [6.07, 6.45) is 1.13. The molecule has 4 heteroatoms. The standard InChI is InChI=1S/C6H12N2OS/c7-10(9)4-6(5-10)1-2-8-3-6/h7-8H,1-5H2. The molecule has 2 aliphatic heterocycles. The molecule has 0 aromatic rings. The van der Waals surface area contributed by atoms with Crippen LogP contribution in [0.25, 0.3) is 0 Å². The van der Waals surface area contributed by atoms with Gasteiger partial charge in [0, 0.05) is 33.2 Å². The highest BCUT2D eigenvalue weighted by molar-refractivity contribution is 7.93. The van der Waals surface area contributed by atoms with Crippen LogP contribution in [0.2, 0.25) is 0 Å². The lowest BCUT2D eigenvalue weighted by Crippen LogP contribution is -2.49. The molecule has 3 nitrogen and oxygen atoms in total. The van der Waals surface area contributed by atoms with Gasteiger partial charge in [0.2, 0.25) is 0 Å². The van der Waals surface area contributed by atoms with Gasteiger partial charge in [0.05, 0.1) is 0 Å². The van der Waals surface area contributed by atoms with Crippen molar-refractivity contribution in [2.75, 3.05) is 24.6 Å². The van der Waals surface area contributed by atoms with Crippen molar-refractivity contribution in [3.8, 4) is 0 Å². The van der Waals surface area contributed by atoms with E-state index >= 15 is 0 Å². The monoisotopic (exact) mass is 160 g/mol. The van der Waals surface area contributed by atoms with E-state index in [-0.39, 0.29) is 5.41 Å². The van der Waals surface area contributed by atoms with E-state index in [0.29, 0.717) is 11.5 Å². The second-order valence-corrected chi connectivity index (χ2v) is 5.73. The van der Waals surface area contributed by atoms with Crippen LogP contribution in [0.5, 0.6) is 0 Å². The van der Waals surface area contributed by atoms with Crippen LogP contribution in [0, 0.1) is 10.2 Å². The highest BCUT2D eigenvalue weighted by atomic mass is 32.2. The van der Waals surface area contributed by atoms with Gasteiger partial charge in [0.25, 0.3) is 0 Å². The molecule has 0 radical (unpaired) electrons. The fourth-order valence-corrected chi connectivity index (χ4v) is 4.38. The Morgan fingerprint density at radius 2 is 2.20 bits per heavy atom. The quantitative estimate of drug-likeness (QED) is 0.525. The first-order valence-corrected chi connectivity index (χ1v) is 5.47. The Morgan fingerprint density at radius 3 is 2.60 bits per heavy atom. The molecule has 0 unspecified atom stereocenters. The molecule has 0 aliphatic carbocycles. The predicted molar refractivity (Wildman–Crippen MR) is 40.5 cm³/mol. The molecule has 0 aromatic heterocycles. The van der Waals surface area contributed by atoms with Crippen LogP contribution in [0.1, 0.15) is 6.42 Å². The van der Waals surface area contributed by atoms with Crippen molar-refractivity contribution in [3.05, 3.63) is 0 Å². The third-order valence-electron chi connectivity index (χ3n) is 2.41. The van der Waals surface area contributed by atoms with Crippen LogP contribution in [0.15, 0.2) is 0 Å². The zero-order chi connectivity index (χ0) is 7.24. The van der Waals surface area contributed by atoms with Gasteiger partial charge < -0.3 is 5.32 Å². The minimum Gasteiger partial charge on any atom is -0.316 e. The van der Waals surface area contributed by atoms with Crippen LogP contribution in [-0.4, -0.2) is 28.8 Å². The number of hydrogen-bond acceptors (Lipinski definition) is 3. The van der Waals surface area contributed by atoms with E-state index in [1.54, 1.807) is 0 Å². The van der Waals surface area contributed by atoms with Crippen molar-refractivity contribution in [2.24, 2.45) is 5.41 Å². The minimum absolute atomic E-state index is 0.277. The van der Waals surface area contributed by atoms with Crippen molar-refractivity contribution < 1.29 is 4.21 Å². The lowest BCUT2D eigenvalue weighted by Gasteiger charge is -2.38. The molecule has 2 rings (SSSR count). The zero-order valence-corrected chi connectivity index (χ0v) is 6.67. The number of rotatable bonds is 0. The van der Waals surface area contributed by atoms with E-state index in [9.17, 15) is 4.21 Å². The van der Waals surface area contributed by atoms with E-state index in [1.807, 2.05) is 0 Å². The van der Waals surface area contributed by atoms with E-state index in [2.05, 4.69) is 5.32 Å². The highest BCUT2D eigenvalue weighted by Gasteiger charge is 2.47. The van der Waals surface area contributed by atoms with Crippen LogP contribution in [0.3, 0.4) is 0 Å². The summed E-state index contributed by atoms with van der Waals surface area (Å²) in [4.78, 5) is 0. The normalized spacial score (nSPS) is 53.2. The molecule has 2 saturated heterocycles. The second-order valence-electron chi connectivity index (χ2n) is 3.53. The summed E-state index contributed by atoms with van der Waals surface area (Å²) in [5.74, 6) is 1.29. The lowest BCUT2D eigenvalue weighted by atomic mass is 9.91. The molecule has 0 atom stereocenters. The number of hydrogen-bond donors (Lipinski definition) is 2. The molecule has 10 heavy (non-hydrogen) atoms. The molecular weight excluding hydrogens is 148 g/mol.